The minimum Gasteiger partial charge on any atom is -0.444 e. The van der Waals surface area contributed by atoms with E-state index in [2.05, 4.69) is 41.4 Å². The molecular formula is C27H40N2O3. The molecule has 0 aliphatic carbocycles. The van der Waals surface area contributed by atoms with Gasteiger partial charge in [0.05, 0.1) is 6.10 Å². The Kier molecular flexibility index (Phi) is 10.2. The summed E-state index contributed by atoms with van der Waals surface area (Å²) < 4.78 is 5.40. The Bertz CT molecular complexity index is 748. The number of nitrogens with one attached hydrogen (secondary N) is 1. The van der Waals surface area contributed by atoms with Crippen LogP contribution in [0.4, 0.5) is 4.79 Å². The standard InChI is InChI=1S/C27H40N2O3/c1-6-23(28-26(31)32-27(3,4)5)18-25(30)24(7-2)29(19-21-14-10-8-11-15-21)20-22-16-12-9-13-17-22/h8-17,23-25,30H,6-7,18-20H2,1-5H3,(H,28,31). The molecule has 32 heavy (non-hydrogen) atoms. The number of carbonyl (C=O) groups excluding carboxylic acids is 1. The predicted molar refractivity (Wildman–Crippen MR) is 130 cm³/mol. The summed E-state index contributed by atoms with van der Waals surface area (Å²) in [5, 5.41) is 14.2. The summed E-state index contributed by atoms with van der Waals surface area (Å²) in [7, 11) is 0. The van der Waals surface area contributed by atoms with Crippen LogP contribution in [0.5, 0.6) is 0 Å². The molecule has 5 nitrogen and oxygen atoms in total. The Morgan fingerprint density at radius 1 is 0.938 bits per heavy atom. The van der Waals surface area contributed by atoms with E-state index in [9.17, 15) is 9.90 Å². The predicted octanol–water partition coefficient (Wildman–Crippen LogP) is 5.52. The third-order valence-corrected chi connectivity index (χ3v) is 5.53. The van der Waals surface area contributed by atoms with E-state index >= 15 is 0 Å². The first-order valence-corrected chi connectivity index (χ1v) is 11.7. The van der Waals surface area contributed by atoms with Crippen molar-refractivity contribution in [1.29, 1.82) is 0 Å². The number of carbonyl (C=O) groups is 1. The van der Waals surface area contributed by atoms with Gasteiger partial charge in [-0.1, -0.05) is 74.5 Å². The van der Waals surface area contributed by atoms with Gasteiger partial charge < -0.3 is 15.2 Å². The van der Waals surface area contributed by atoms with Gasteiger partial charge in [-0.25, -0.2) is 4.79 Å². The number of alkyl carbamates (subject to hydrolysis) is 1. The van der Waals surface area contributed by atoms with E-state index < -0.39 is 17.8 Å². The lowest BCUT2D eigenvalue weighted by Gasteiger charge is -2.36. The minimum atomic E-state index is -0.577. The van der Waals surface area contributed by atoms with Crippen LogP contribution >= 0.6 is 0 Å². The van der Waals surface area contributed by atoms with Crippen molar-refractivity contribution in [3.63, 3.8) is 0 Å². The second kappa shape index (κ2) is 12.6. The van der Waals surface area contributed by atoms with E-state index in [1.54, 1.807) is 0 Å². The normalized spacial score (nSPS) is 14.6. The van der Waals surface area contributed by atoms with Crippen molar-refractivity contribution in [3.8, 4) is 0 Å². The van der Waals surface area contributed by atoms with Gasteiger partial charge in [-0.05, 0) is 51.2 Å². The van der Waals surface area contributed by atoms with Crippen LogP contribution in [-0.4, -0.2) is 39.9 Å². The lowest BCUT2D eigenvalue weighted by atomic mass is 9.97. The van der Waals surface area contributed by atoms with Crippen molar-refractivity contribution in [2.75, 3.05) is 0 Å². The topological polar surface area (TPSA) is 61.8 Å². The molecule has 3 atom stereocenters. The molecule has 0 aliphatic heterocycles. The fourth-order valence-electron chi connectivity index (χ4n) is 3.95. The van der Waals surface area contributed by atoms with Crippen molar-refractivity contribution in [2.24, 2.45) is 0 Å². The number of nitrogens with zero attached hydrogens (tertiary/aromatic N) is 1. The van der Waals surface area contributed by atoms with E-state index in [1.165, 1.54) is 11.1 Å². The van der Waals surface area contributed by atoms with Crippen LogP contribution in [0.3, 0.4) is 0 Å². The Hall–Kier alpha value is -2.37. The summed E-state index contributed by atoms with van der Waals surface area (Å²) in [6.07, 6.45) is 1.00. The quantitative estimate of drug-likeness (QED) is 0.483. The molecule has 0 saturated carbocycles. The van der Waals surface area contributed by atoms with Crippen molar-refractivity contribution in [2.45, 2.75) is 90.8 Å². The summed E-state index contributed by atoms with van der Waals surface area (Å²) in [5.41, 5.74) is 1.88. The van der Waals surface area contributed by atoms with Crippen LogP contribution in [0, 0.1) is 0 Å². The summed E-state index contributed by atoms with van der Waals surface area (Å²) in [6, 6.07) is 20.5. The summed E-state index contributed by atoms with van der Waals surface area (Å²) >= 11 is 0. The van der Waals surface area contributed by atoms with Crippen molar-refractivity contribution < 1.29 is 14.6 Å². The number of rotatable bonds is 11. The number of aliphatic hydroxyl groups is 1. The Labute approximate surface area is 193 Å². The first-order valence-electron chi connectivity index (χ1n) is 11.7. The zero-order valence-corrected chi connectivity index (χ0v) is 20.3. The number of amides is 1. The highest BCUT2D eigenvalue weighted by Crippen LogP contribution is 2.21. The molecule has 2 N–H and O–H groups in total. The van der Waals surface area contributed by atoms with Crippen LogP contribution in [0.1, 0.15) is 65.0 Å². The average molecular weight is 441 g/mol. The molecule has 2 aromatic rings. The monoisotopic (exact) mass is 440 g/mol. The molecule has 2 rings (SSSR count). The van der Waals surface area contributed by atoms with Gasteiger partial charge in [-0.15, -0.1) is 0 Å². The molecule has 0 fully saturated rings. The van der Waals surface area contributed by atoms with E-state index in [4.69, 9.17) is 4.74 Å². The average Bonchev–Trinajstić information content (AvgIpc) is 2.74. The van der Waals surface area contributed by atoms with Crippen molar-refractivity contribution in [1.82, 2.24) is 10.2 Å². The first kappa shape index (κ1) is 25.9. The molecule has 0 saturated heterocycles. The van der Waals surface area contributed by atoms with Gasteiger partial charge in [0, 0.05) is 25.2 Å². The number of hydrogen-bond acceptors (Lipinski definition) is 4. The van der Waals surface area contributed by atoms with E-state index in [0.717, 1.165) is 25.9 Å². The van der Waals surface area contributed by atoms with E-state index in [0.29, 0.717) is 6.42 Å². The zero-order valence-electron chi connectivity index (χ0n) is 20.3. The van der Waals surface area contributed by atoms with Gasteiger partial charge >= 0.3 is 6.09 Å². The van der Waals surface area contributed by atoms with Gasteiger partial charge in [-0.2, -0.15) is 0 Å². The summed E-state index contributed by atoms with van der Waals surface area (Å²) in [5.74, 6) is 0. The molecule has 0 heterocycles. The third kappa shape index (κ3) is 9.01. The SMILES string of the molecule is CCC(CC(O)C(CC)N(Cc1ccccc1)Cc1ccccc1)NC(=O)OC(C)(C)C. The maximum Gasteiger partial charge on any atom is 0.407 e. The second-order valence-corrected chi connectivity index (χ2v) is 9.41. The fourth-order valence-corrected chi connectivity index (χ4v) is 3.95. The third-order valence-electron chi connectivity index (χ3n) is 5.53. The summed E-state index contributed by atoms with van der Waals surface area (Å²) in [6.45, 7) is 11.2. The molecule has 0 bridgehead atoms. The first-order chi connectivity index (χ1) is 15.2. The summed E-state index contributed by atoms with van der Waals surface area (Å²) in [4.78, 5) is 14.6. The van der Waals surface area contributed by atoms with Crippen molar-refractivity contribution >= 4 is 6.09 Å². The van der Waals surface area contributed by atoms with E-state index in [-0.39, 0.29) is 12.1 Å². The van der Waals surface area contributed by atoms with Crippen LogP contribution in [0.2, 0.25) is 0 Å². The highest BCUT2D eigenvalue weighted by molar-refractivity contribution is 5.68. The minimum absolute atomic E-state index is 0.0371. The Morgan fingerprint density at radius 2 is 1.44 bits per heavy atom. The van der Waals surface area contributed by atoms with Crippen LogP contribution < -0.4 is 5.32 Å². The smallest absolute Gasteiger partial charge is 0.407 e. The lowest BCUT2D eigenvalue weighted by molar-refractivity contribution is 0.0215. The largest absolute Gasteiger partial charge is 0.444 e. The number of benzene rings is 2. The zero-order chi connectivity index (χ0) is 23.6. The van der Waals surface area contributed by atoms with Crippen LogP contribution in [0.15, 0.2) is 60.7 Å². The molecule has 1 amide bonds. The highest BCUT2D eigenvalue weighted by Gasteiger charge is 2.28. The maximum absolute atomic E-state index is 12.2. The van der Waals surface area contributed by atoms with Gasteiger partial charge in [0.1, 0.15) is 5.60 Å². The van der Waals surface area contributed by atoms with Gasteiger partial charge in [0.25, 0.3) is 0 Å². The van der Waals surface area contributed by atoms with Crippen LogP contribution in [-0.2, 0) is 17.8 Å². The maximum atomic E-state index is 12.2. The molecule has 3 unspecified atom stereocenters. The Morgan fingerprint density at radius 3 is 1.84 bits per heavy atom. The van der Waals surface area contributed by atoms with Crippen LogP contribution in [0.25, 0.3) is 0 Å². The highest BCUT2D eigenvalue weighted by atomic mass is 16.6. The molecular weight excluding hydrogens is 400 g/mol. The Balaban J connectivity index is 2.13. The van der Waals surface area contributed by atoms with Crippen molar-refractivity contribution in [3.05, 3.63) is 71.8 Å². The molecule has 2 aromatic carbocycles. The van der Waals surface area contributed by atoms with Gasteiger partial charge in [0.15, 0.2) is 0 Å². The van der Waals surface area contributed by atoms with Gasteiger partial charge in [0.2, 0.25) is 0 Å². The molecule has 0 aromatic heterocycles. The number of hydrogen-bond donors (Lipinski definition) is 2. The molecule has 0 spiro atoms. The molecule has 5 heteroatoms. The molecule has 0 radical (unpaired) electrons. The number of ether oxygens (including phenoxy) is 1. The lowest BCUT2D eigenvalue weighted by Crippen LogP contribution is -2.47. The molecule has 0 aliphatic rings. The second-order valence-electron chi connectivity index (χ2n) is 9.41. The molecule has 176 valence electrons. The van der Waals surface area contributed by atoms with E-state index in [1.807, 2.05) is 64.1 Å². The fraction of sp³-hybridized carbons (Fsp3) is 0.519. The van der Waals surface area contributed by atoms with Gasteiger partial charge in [-0.3, -0.25) is 4.90 Å². The number of aliphatic hydroxyl groups excluding tert-OH is 1.